The van der Waals surface area contributed by atoms with Gasteiger partial charge in [0.1, 0.15) is 0 Å². The van der Waals surface area contributed by atoms with E-state index in [0.717, 1.165) is 77.0 Å². The Morgan fingerprint density at radius 1 is 0.472 bits per heavy atom. The molecule has 6 heteroatoms. The number of benzene rings is 1. The summed E-state index contributed by atoms with van der Waals surface area (Å²) in [5.74, 6) is 2.20. The molecule has 3 aliphatic carbocycles. The molecule has 1 aromatic carbocycles. The Hall–Kier alpha value is -2.37. The fraction of sp³-hybridized carbons (Fsp3) is 0.700. The lowest BCUT2D eigenvalue weighted by Gasteiger charge is -2.27. The minimum absolute atomic E-state index is 0.0194. The third kappa shape index (κ3) is 7.33. The van der Waals surface area contributed by atoms with E-state index >= 15 is 0 Å². The molecule has 0 aliphatic heterocycles. The highest BCUT2D eigenvalue weighted by molar-refractivity contribution is 5.99. The van der Waals surface area contributed by atoms with E-state index in [1.54, 1.807) is 0 Å². The predicted octanol–water partition coefficient (Wildman–Crippen LogP) is 6.98. The summed E-state index contributed by atoms with van der Waals surface area (Å²) < 4.78 is 0. The van der Waals surface area contributed by atoms with E-state index in [0.29, 0.717) is 34.8 Å². The first kappa shape index (κ1) is 26.7. The lowest BCUT2D eigenvalue weighted by molar-refractivity contribution is -0.121. The Bertz CT molecular complexity index is 790. The monoisotopic (exact) mass is 495 g/mol. The zero-order chi connectivity index (χ0) is 25.7. The van der Waals surface area contributed by atoms with Crippen molar-refractivity contribution in [2.45, 2.75) is 97.8 Å². The quantitative estimate of drug-likeness (QED) is 0.398. The van der Waals surface area contributed by atoms with Crippen LogP contribution in [0.25, 0.3) is 0 Å². The molecule has 6 nitrogen and oxygen atoms in total. The van der Waals surface area contributed by atoms with Crippen molar-refractivity contribution >= 4 is 34.8 Å². The molecule has 4 rings (SSSR count). The molecule has 1 aromatic rings. The summed E-state index contributed by atoms with van der Waals surface area (Å²) in [7, 11) is 0. The van der Waals surface area contributed by atoms with Crippen LogP contribution in [0.2, 0.25) is 0 Å². The van der Waals surface area contributed by atoms with Crippen LogP contribution < -0.4 is 16.0 Å². The van der Waals surface area contributed by atoms with Crippen LogP contribution in [-0.4, -0.2) is 17.7 Å². The highest BCUT2D eigenvalue weighted by Crippen LogP contribution is 2.33. The van der Waals surface area contributed by atoms with Crippen molar-refractivity contribution < 1.29 is 14.4 Å². The van der Waals surface area contributed by atoms with Crippen LogP contribution in [0.5, 0.6) is 0 Å². The van der Waals surface area contributed by atoms with Crippen LogP contribution in [0, 0.1) is 35.5 Å². The second-order valence-corrected chi connectivity index (χ2v) is 12.1. The lowest BCUT2D eigenvalue weighted by Crippen LogP contribution is -2.28. The Labute approximate surface area is 216 Å². The first-order valence-corrected chi connectivity index (χ1v) is 14.3. The van der Waals surface area contributed by atoms with Crippen molar-refractivity contribution in [1.82, 2.24) is 0 Å². The molecule has 198 valence electrons. The van der Waals surface area contributed by atoms with Gasteiger partial charge in [-0.25, -0.2) is 0 Å². The first-order chi connectivity index (χ1) is 17.3. The fourth-order valence-corrected chi connectivity index (χ4v) is 6.14. The van der Waals surface area contributed by atoms with Gasteiger partial charge in [-0.2, -0.15) is 0 Å². The van der Waals surface area contributed by atoms with Crippen LogP contribution >= 0.6 is 0 Å². The van der Waals surface area contributed by atoms with Crippen molar-refractivity contribution in [3.8, 4) is 0 Å². The molecule has 0 atom stereocenters. The molecule has 3 N–H and O–H groups in total. The standard InChI is InChI=1S/C30H45N3O3/c1-19-4-10-22(11-5-19)28(34)31-25-16-26(32-29(35)23-12-6-20(2)7-13-23)18-27(17-25)33-30(36)24-14-8-21(3)9-15-24/h16-24H,4-15H2,1-3H3,(H,31,34)(H,32,35)(H,33,36)/t19-,20-,21-,22-,23-,24-. The smallest absolute Gasteiger partial charge is 0.227 e. The normalized spacial score (nSPS) is 30.8. The van der Waals surface area contributed by atoms with Gasteiger partial charge in [-0.05, 0) is 113 Å². The molecule has 0 saturated heterocycles. The number of hydrogen-bond acceptors (Lipinski definition) is 3. The molecular formula is C30H45N3O3. The summed E-state index contributed by atoms with van der Waals surface area (Å²) in [5.41, 5.74) is 1.88. The van der Waals surface area contributed by atoms with E-state index in [1.807, 2.05) is 18.2 Å². The predicted molar refractivity (Wildman–Crippen MR) is 146 cm³/mol. The summed E-state index contributed by atoms with van der Waals surface area (Å²) in [6, 6.07) is 5.47. The largest absolute Gasteiger partial charge is 0.326 e. The Kier molecular flexibility index (Phi) is 9.08. The van der Waals surface area contributed by atoms with Gasteiger partial charge in [0, 0.05) is 34.8 Å². The SMILES string of the molecule is C[C@H]1CC[C@H](C(=O)Nc2cc(NC(=O)[C@H]3CC[C@H](C)CC3)cc(NC(=O)[C@H]3CC[C@H](C)CC3)c2)CC1. The third-order valence-corrected chi connectivity index (χ3v) is 8.90. The topological polar surface area (TPSA) is 87.3 Å². The molecule has 0 bridgehead atoms. The Morgan fingerprint density at radius 3 is 0.917 bits per heavy atom. The van der Waals surface area contributed by atoms with Gasteiger partial charge < -0.3 is 16.0 Å². The summed E-state index contributed by atoms with van der Waals surface area (Å²) in [6.45, 7) is 6.74. The van der Waals surface area contributed by atoms with E-state index in [9.17, 15) is 14.4 Å². The van der Waals surface area contributed by atoms with Gasteiger partial charge in [0.05, 0.1) is 0 Å². The second kappa shape index (κ2) is 12.2. The number of carbonyl (C=O) groups is 3. The van der Waals surface area contributed by atoms with Crippen LogP contribution in [0.4, 0.5) is 17.1 Å². The van der Waals surface area contributed by atoms with Gasteiger partial charge in [-0.1, -0.05) is 20.8 Å². The van der Waals surface area contributed by atoms with Crippen molar-refractivity contribution in [3.05, 3.63) is 18.2 Å². The number of rotatable bonds is 6. The molecule has 3 fully saturated rings. The van der Waals surface area contributed by atoms with Crippen LogP contribution in [0.3, 0.4) is 0 Å². The molecule has 0 spiro atoms. The third-order valence-electron chi connectivity index (χ3n) is 8.90. The fourth-order valence-electron chi connectivity index (χ4n) is 6.14. The highest BCUT2D eigenvalue weighted by Gasteiger charge is 2.27. The maximum Gasteiger partial charge on any atom is 0.227 e. The molecule has 3 saturated carbocycles. The molecule has 0 radical (unpaired) electrons. The van der Waals surface area contributed by atoms with E-state index < -0.39 is 0 Å². The number of amides is 3. The van der Waals surface area contributed by atoms with Gasteiger partial charge in [-0.15, -0.1) is 0 Å². The molecule has 36 heavy (non-hydrogen) atoms. The van der Waals surface area contributed by atoms with Crippen LogP contribution in [0.15, 0.2) is 18.2 Å². The molecule has 0 unspecified atom stereocenters. The highest BCUT2D eigenvalue weighted by atomic mass is 16.2. The molecule has 3 aliphatic rings. The maximum atomic E-state index is 13.0. The minimum atomic E-state index is 0.0194. The summed E-state index contributed by atoms with van der Waals surface area (Å²) in [6.07, 6.45) is 11.9. The summed E-state index contributed by atoms with van der Waals surface area (Å²) in [4.78, 5) is 39.0. The Morgan fingerprint density at radius 2 is 0.694 bits per heavy atom. The van der Waals surface area contributed by atoms with Crippen molar-refractivity contribution in [3.63, 3.8) is 0 Å². The van der Waals surface area contributed by atoms with E-state index in [4.69, 9.17) is 0 Å². The lowest BCUT2D eigenvalue weighted by atomic mass is 9.82. The van der Waals surface area contributed by atoms with E-state index in [2.05, 4.69) is 36.7 Å². The van der Waals surface area contributed by atoms with Crippen molar-refractivity contribution in [1.29, 1.82) is 0 Å². The molecular weight excluding hydrogens is 450 g/mol. The van der Waals surface area contributed by atoms with E-state index in [1.165, 1.54) is 0 Å². The van der Waals surface area contributed by atoms with Gasteiger partial charge >= 0.3 is 0 Å². The molecule has 0 heterocycles. The minimum Gasteiger partial charge on any atom is -0.326 e. The number of hydrogen-bond donors (Lipinski definition) is 3. The van der Waals surface area contributed by atoms with Crippen molar-refractivity contribution in [2.75, 3.05) is 16.0 Å². The van der Waals surface area contributed by atoms with Crippen LogP contribution in [-0.2, 0) is 14.4 Å². The van der Waals surface area contributed by atoms with Gasteiger partial charge in [0.2, 0.25) is 17.7 Å². The van der Waals surface area contributed by atoms with Gasteiger partial charge in [0.15, 0.2) is 0 Å². The van der Waals surface area contributed by atoms with Crippen molar-refractivity contribution in [2.24, 2.45) is 35.5 Å². The number of nitrogens with one attached hydrogen (secondary N) is 3. The first-order valence-electron chi connectivity index (χ1n) is 14.3. The average Bonchev–Trinajstić information content (AvgIpc) is 2.85. The number of carbonyl (C=O) groups excluding carboxylic acids is 3. The zero-order valence-corrected chi connectivity index (χ0v) is 22.4. The number of anilines is 3. The second-order valence-electron chi connectivity index (χ2n) is 12.1. The zero-order valence-electron chi connectivity index (χ0n) is 22.4. The van der Waals surface area contributed by atoms with Gasteiger partial charge in [-0.3, -0.25) is 14.4 Å². The van der Waals surface area contributed by atoms with Crippen LogP contribution in [0.1, 0.15) is 97.8 Å². The van der Waals surface area contributed by atoms with Gasteiger partial charge in [0.25, 0.3) is 0 Å². The summed E-state index contributed by atoms with van der Waals surface area (Å²) in [5, 5.41) is 9.25. The summed E-state index contributed by atoms with van der Waals surface area (Å²) >= 11 is 0. The Balaban J connectivity index is 1.47. The molecule has 0 aromatic heterocycles. The maximum absolute atomic E-state index is 13.0. The molecule has 3 amide bonds. The average molecular weight is 496 g/mol. The van der Waals surface area contributed by atoms with E-state index in [-0.39, 0.29) is 35.5 Å².